The summed E-state index contributed by atoms with van der Waals surface area (Å²) >= 11 is 0. The first kappa shape index (κ1) is 14.1. The van der Waals surface area contributed by atoms with Crippen LogP contribution in [0.2, 0.25) is 0 Å². The average Bonchev–Trinajstić information content (AvgIpc) is 3.19. The average molecular weight is 296 g/mol. The maximum Gasteiger partial charge on any atom is 0.338 e. The molecule has 3 aromatic rings. The molecule has 3 rings (SSSR count). The maximum absolute atomic E-state index is 12.0. The summed E-state index contributed by atoms with van der Waals surface area (Å²) in [5, 5.41) is 8.28. The number of rotatable bonds is 5. The zero-order valence-corrected chi connectivity index (χ0v) is 12.2. The predicted octanol–water partition coefficient (Wildman–Crippen LogP) is 2.23. The zero-order valence-electron chi connectivity index (χ0n) is 12.2. The van der Waals surface area contributed by atoms with E-state index in [-0.39, 0.29) is 5.97 Å². The van der Waals surface area contributed by atoms with Crippen molar-refractivity contribution in [2.75, 3.05) is 6.61 Å². The molecule has 0 amide bonds. The van der Waals surface area contributed by atoms with Crippen molar-refractivity contribution in [3.8, 4) is 5.69 Å². The van der Waals surface area contributed by atoms with Crippen LogP contribution in [0, 0.1) is 6.92 Å². The largest absolute Gasteiger partial charge is 0.460 e. The standard InChI is InChI=1S/C16H16N4O2/c1-13-7-9-18-20(13)15-5-3-14(4-6-15)16(21)22-12-11-19-10-2-8-17-19/h2-10H,11-12H2,1H3. The molecule has 0 fully saturated rings. The Balaban J connectivity index is 1.60. The number of ether oxygens (including phenoxy) is 1. The van der Waals surface area contributed by atoms with Crippen molar-refractivity contribution in [3.63, 3.8) is 0 Å². The van der Waals surface area contributed by atoms with E-state index in [1.807, 2.05) is 42.1 Å². The van der Waals surface area contributed by atoms with Crippen molar-refractivity contribution in [3.05, 3.63) is 66.2 Å². The highest BCUT2D eigenvalue weighted by atomic mass is 16.5. The summed E-state index contributed by atoms with van der Waals surface area (Å²) < 4.78 is 8.76. The number of hydrogen-bond donors (Lipinski definition) is 0. The van der Waals surface area contributed by atoms with Gasteiger partial charge in [0.1, 0.15) is 6.61 Å². The fourth-order valence-electron chi connectivity index (χ4n) is 2.13. The van der Waals surface area contributed by atoms with Gasteiger partial charge in [-0.05, 0) is 43.3 Å². The van der Waals surface area contributed by atoms with Crippen LogP contribution in [-0.4, -0.2) is 32.1 Å². The van der Waals surface area contributed by atoms with Crippen molar-refractivity contribution < 1.29 is 9.53 Å². The zero-order chi connectivity index (χ0) is 15.4. The molecule has 1 aromatic carbocycles. The van der Waals surface area contributed by atoms with Gasteiger partial charge in [0, 0.05) is 24.3 Å². The Hall–Kier alpha value is -2.89. The molecular formula is C16H16N4O2. The molecule has 0 aliphatic heterocycles. The van der Waals surface area contributed by atoms with Crippen LogP contribution in [0.1, 0.15) is 16.1 Å². The molecule has 2 heterocycles. The Bertz CT molecular complexity index is 745. The van der Waals surface area contributed by atoms with Crippen molar-refractivity contribution in [2.45, 2.75) is 13.5 Å². The lowest BCUT2D eigenvalue weighted by Gasteiger charge is -2.07. The van der Waals surface area contributed by atoms with Crippen LogP contribution in [0.25, 0.3) is 5.69 Å². The lowest BCUT2D eigenvalue weighted by Crippen LogP contribution is -2.12. The predicted molar refractivity (Wildman–Crippen MR) is 80.8 cm³/mol. The Kier molecular flexibility index (Phi) is 4.00. The van der Waals surface area contributed by atoms with Gasteiger partial charge in [0.2, 0.25) is 0 Å². The van der Waals surface area contributed by atoms with Gasteiger partial charge in [-0.2, -0.15) is 10.2 Å². The first-order valence-electron chi connectivity index (χ1n) is 7.00. The van der Waals surface area contributed by atoms with Gasteiger partial charge >= 0.3 is 5.97 Å². The van der Waals surface area contributed by atoms with Crippen LogP contribution >= 0.6 is 0 Å². The van der Waals surface area contributed by atoms with E-state index in [1.54, 1.807) is 29.2 Å². The second-order valence-electron chi connectivity index (χ2n) is 4.84. The van der Waals surface area contributed by atoms with E-state index in [9.17, 15) is 4.79 Å². The number of nitrogens with zero attached hydrogens (tertiary/aromatic N) is 4. The van der Waals surface area contributed by atoms with E-state index in [1.165, 1.54) is 0 Å². The fraction of sp³-hybridized carbons (Fsp3) is 0.188. The monoisotopic (exact) mass is 296 g/mol. The quantitative estimate of drug-likeness (QED) is 0.677. The molecular weight excluding hydrogens is 280 g/mol. The van der Waals surface area contributed by atoms with Crippen LogP contribution < -0.4 is 0 Å². The van der Waals surface area contributed by atoms with E-state index in [0.717, 1.165) is 11.4 Å². The summed E-state index contributed by atoms with van der Waals surface area (Å²) in [5.41, 5.74) is 2.47. The van der Waals surface area contributed by atoms with Crippen molar-refractivity contribution in [1.82, 2.24) is 19.6 Å². The number of aryl methyl sites for hydroxylation is 1. The molecule has 112 valence electrons. The molecule has 0 unspecified atom stereocenters. The number of hydrogen-bond acceptors (Lipinski definition) is 4. The minimum absolute atomic E-state index is 0.292. The molecule has 0 saturated heterocycles. The highest BCUT2D eigenvalue weighted by molar-refractivity contribution is 5.89. The second kappa shape index (κ2) is 6.26. The number of carbonyl (C=O) groups excluding carboxylic acids is 1. The van der Waals surface area contributed by atoms with Gasteiger partial charge in [-0.15, -0.1) is 0 Å². The summed E-state index contributed by atoms with van der Waals surface area (Å²) in [6.45, 7) is 2.81. The Labute approximate surface area is 127 Å². The highest BCUT2D eigenvalue weighted by Gasteiger charge is 2.08. The van der Waals surface area contributed by atoms with Gasteiger partial charge in [0.15, 0.2) is 0 Å². The molecule has 0 spiro atoms. The Morgan fingerprint density at radius 2 is 1.95 bits per heavy atom. The molecule has 6 heteroatoms. The number of aromatic nitrogens is 4. The molecule has 22 heavy (non-hydrogen) atoms. The second-order valence-corrected chi connectivity index (χ2v) is 4.84. The van der Waals surface area contributed by atoms with E-state index in [4.69, 9.17) is 4.74 Å². The third-order valence-electron chi connectivity index (χ3n) is 3.29. The van der Waals surface area contributed by atoms with E-state index >= 15 is 0 Å². The molecule has 0 bridgehead atoms. The van der Waals surface area contributed by atoms with Crippen molar-refractivity contribution in [2.24, 2.45) is 0 Å². The summed E-state index contributed by atoms with van der Waals surface area (Å²) in [7, 11) is 0. The number of esters is 1. The van der Waals surface area contributed by atoms with Crippen LogP contribution in [0.5, 0.6) is 0 Å². The van der Waals surface area contributed by atoms with Crippen LogP contribution in [0.15, 0.2) is 55.0 Å². The topological polar surface area (TPSA) is 61.9 Å². The first-order chi connectivity index (χ1) is 10.7. The van der Waals surface area contributed by atoms with Crippen molar-refractivity contribution in [1.29, 1.82) is 0 Å². The SMILES string of the molecule is Cc1ccnn1-c1ccc(C(=O)OCCn2cccn2)cc1. The molecule has 0 aliphatic carbocycles. The molecule has 6 nitrogen and oxygen atoms in total. The van der Waals surface area contributed by atoms with Crippen molar-refractivity contribution >= 4 is 5.97 Å². The molecule has 0 N–H and O–H groups in total. The number of carbonyl (C=O) groups is 1. The lowest BCUT2D eigenvalue weighted by atomic mass is 10.2. The third kappa shape index (κ3) is 3.06. The van der Waals surface area contributed by atoms with E-state index in [2.05, 4.69) is 10.2 Å². The maximum atomic E-state index is 12.0. The third-order valence-corrected chi connectivity index (χ3v) is 3.29. The van der Waals surface area contributed by atoms with Gasteiger partial charge in [-0.1, -0.05) is 0 Å². The molecule has 0 saturated carbocycles. The van der Waals surface area contributed by atoms with E-state index < -0.39 is 0 Å². The highest BCUT2D eigenvalue weighted by Crippen LogP contribution is 2.12. The lowest BCUT2D eigenvalue weighted by molar-refractivity contribution is 0.0487. The molecule has 2 aromatic heterocycles. The Morgan fingerprint density at radius 1 is 1.14 bits per heavy atom. The fourth-order valence-corrected chi connectivity index (χ4v) is 2.13. The van der Waals surface area contributed by atoms with Gasteiger partial charge in [-0.25, -0.2) is 9.48 Å². The number of benzene rings is 1. The summed E-state index contributed by atoms with van der Waals surface area (Å²) in [4.78, 5) is 12.0. The summed E-state index contributed by atoms with van der Waals surface area (Å²) in [5.74, 6) is -0.337. The summed E-state index contributed by atoms with van der Waals surface area (Å²) in [6, 6.07) is 10.9. The molecule has 0 radical (unpaired) electrons. The van der Waals surface area contributed by atoms with Gasteiger partial charge in [0.25, 0.3) is 0 Å². The van der Waals surface area contributed by atoms with Crippen LogP contribution in [0.4, 0.5) is 0 Å². The Morgan fingerprint density at radius 3 is 2.59 bits per heavy atom. The summed E-state index contributed by atoms with van der Waals surface area (Å²) in [6.07, 6.45) is 5.26. The van der Waals surface area contributed by atoms with Gasteiger partial charge < -0.3 is 4.74 Å². The first-order valence-corrected chi connectivity index (χ1v) is 7.00. The normalized spacial score (nSPS) is 10.6. The van der Waals surface area contributed by atoms with Crippen LogP contribution in [0.3, 0.4) is 0 Å². The van der Waals surface area contributed by atoms with Gasteiger partial charge in [-0.3, -0.25) is 4.68 Å². The molecule has 0 atom stereocenters. The minimum atomic E-state index is -0.337. The van der Waals surface area contributed by atoms with Gasteiger partial charge in [0.05, 0.1) is 17.8 Å². The molecule has 0 aliphatic rings. The van der Waals surface area contributed by atoms with Crippen LogP contribution in [-0.2, 0) is 11.3 Å². The minimum Gasteiger partial charge on any atom is -0.460 e. The van der Waals surface area contributed by atoms with E-state index in [0.29, 0.717) is 18.7 Å². The smallest absolute Gasteiger partial charge is 0.338 e.